The quantitative estimate of drug-likeness (QED) is 0.711. The SMILES string of the molecule is COc1cnccc1CC(CO)NC(=S)NC(C)(C)C. The zero-order valence-electron chi connectivity index (χ0n) is 12.4. The van der Waals surface area contributed by atoms with Gasteiger partial charge < -0.3 is 20.5 Å². The smallest absolute Gasteiger partial charge is 0.167 e. The highest BCUT2D eigenvalue weighted by atomic mass is 32.1. The fourth-order valence-electron chi connectivity index (χ4n) is 1.75. The van der Waals surface area contributed by atoms with Crippen LogP contribution in [0.2, 0.25) is 0 Å². The number of aliphatic hydroxyl groups excluding tert-OH is 1. The van der Waals surface area contributed by atoms with Crippen molar-refractivity contribution in [1.29, 1.82) is 0 Å². The van der Waals surface area contributed by atoms with E-state index in [1.165, 1.54) is 0 Å². The average molecular weight is 297 g/mol. The van der Waals surface area contributed by atoms with Crippen molar-refractivity contribution in [2.45, 2.75) is 38.8 Å². The molecule has 0 saturated heterocycles. The van der Waals surface area contributed by atoms with Gasteiger partial charge in [-0.3, -0.25) is 4.98 Å². The third-order valence-electron chi connectivity index (χ3n) is 2.60. The fourth-order valence-corrected chi connectivity index (χ4v) is 2.22. The molecule has 0 aliphatic rings. The Labute approximate surface area is 125 Å². The first kappa shape index (κ1) is 16.7. The molecular weight excluding hydrogens is 274 g/mol. The summed E-state index contributed by atoms with van der Waals surface area (Å²) in [6, 6.07) is 1.71. The fraction of sp³-hybridized carbons (Fsp3) is 0.571. The van der Waals surface area contributed by atoms with Gasteiger partial charge >= 0.3 is 0 Å². The second kappa shape index (κ2) is 7.40. The lowest BCUT2D eigenvalue weighted by Gasteiger charge is -2.26. The van der Waals surface area contributed by atoms with Crippen molar-refractivity contribution >= 4 is 17.3 Å². The Bertz CT molecular complexity index is 446. The third-order valence-corrected chi connectivity index (χ3v) is 2.82. The van der Waals surface area contributed by atoms with E-state index in [1.807, 2.05) is 26.8 Å². The molecule has 1 unspecified atom stereocenters. The van der Waals surface area contributed by atoms with Crippen LogP contribution in [0.3, 0.4) is 0 Å². The van der Waals surface area contributed by atoms with Gasteiger partial charge in [-0.05, 0) is 51.0 Å². The van der Waals surface area contributed by atoms with E-state index in [2.05, 4.69) is 15.6 Å². The Balaban J connectivity index is 2.65. The number of nitrogens with one attached hydrogen (secondary N) is 2. The Morgan fingerprint density at radius 3 is 2.75 bits per heavy atom. The normalized spacial score (nSPS) is 12.7. The predicted molar refractivity (Wildman–Crippen MR) is 84.0 cm³/mol. The largest absolute Gasteiger partial charge is 0.495 e. The number of hydrogen-bond donors (Lipinski definition) is 3. The molecule has 6 heteroatoms. The van der Waals surface area contributed by atoms with Gasteiger partial charge in [-0.2, -0.15) is 0 Å². The van der Waals surface area contributed by atoms with Crippen molar-refractivity contribution in [3.05, 3.63) is 24.0 Å². The molecule has 1 heterocycles. The van der Waals surface area contributed by atoms with Gasteiger partial charge in [0.1, 0.15) is 5.75 Å². The molecule has 1 aromatic heterocycles. The van der Waals surface area contributed by atoms with Gasteiger partial charge in [0.05, 0.1) is 26.0 Å². The molecule has 0 saturated carbocycles. The summed E-state index contributed by atoms with van der Waals surface area (Å²) in [5.74, 6) is 0.711. The molecule has 0 spiro atoms. The Kier molecular flexibility index (Phi) is 6.16. The first-order chi connectivity index (χ1) is 9.35. The Hall–Kier alpha value is -1.40. The summed E-state index contributed by atoms with van der Waals surface area (Å²) >= 11 is 5.25. The molecule has 0 aliphatic heterocycles. The third kappa shape index (κ3) is 5.71. The van der Waals surface area contributed by atoms with Crippen LogP contribution < -0.4 is 15.4 Å². The second-order valence-corrected chi connectivity index (χ2v) is 6.03. The molecule has 112 valence electrons. The van der Waals surface area contributed by atoms with E-state index >= 15 is 0 Å². The van der Waals surface area contributed by atoms with Gasteiger partial charge in [-0.25, -0.2) is 0 Å². The number of aromatic nitrogens is 1. The molecule has 0 radical (unpaired) electrons. The monoisotopic (exact) mass is 297 g/mol. The van der Waals surface area contributed by atoms with E-state index in [0.717, 1.165) is 5.56 Å². The Morgan fingerprint density at radius 2 is 2.20 bits per heavy atom. The van der Waals surface area contributed by atoms with Crippen molar-refractivity contribution in [2.24, 2.45) is 0 Å². The highest BCUT2D eigenvalue weighted by Crippen LogP contribution is 2.17. The summed E-state index contributed by atoms with van der Waals surface area (Å²) in [6.07, 6.45) is 3.97. The zero-order chi connectivity index (χ0) is 15.2. The summed E-state index contributed by atoms with van der Waals surface area (Å²) in [5, 5.41) is 16.3. The van der Waals surface area contributed by atoms with Crippen molar-refractivity contribution < 1.29 is 9.84 Å². The van der Waals surface area contributed by atoms with E-state index in [1.54, 1.807) is 19.5 Å². The number of nitrogens with zero attached hydrogens (tertiary/aromatic N) is 1. The van der Waals surface area contributed by atoms with Crippen LogP contribution in [0, 0.1) is 0 Å². The van der Waals surface area contributed by atoms with Crippen LogP contribution in [0.15, 0.2) is 18.5 Å². The lowest BCUT2D eigenvalue weighted by Crippen LogP contribution is -2.50. The van der Waals surface area contributed by atoms with Gasteiger partial charge in [0.2, 0.25) is 0 Å². The minimum atomic E-state index is -0.173. The van der Waals surface area contributed by atoms with Crippen LogP contribution in [0.4, 0.5) is 0 Å². The summed E-state index contributed by atoms with van der Waals surface area (Å²) in [6.45, 7) is 6.07. The van der Waals surface area contributed by atoms with E-state index in [0.29, 0.717) is 17.3 Å². The van der Waals surface area contributed by atoms with Gasteiger partial charge in [0.15, 0.2) is 5.11 Å². The van der Waals surface area contributed by atoms with Gasteiger partial charge in [0.25, 0.3) is 0 Å². The minimum Gasteiger partial charge on any atom is -0.495 e. The van der Waals surface area contributed by atoms with Crippen molar-refractivity contribution in [2.75, 3.05) is 13.7 Å². The molecule has 1 aromatic rings. The van der Waals surface area contributed by atoms with Crippen LogP contribution in [0.5, 0.6) is 5.75 Å². The van der Waals surface area contributed by atoms with Crippen LogP contribution in [0.25, 0.3) is 0 Å². The van der Waals surface area contributed by atoms with E-state index < -0.39 is 0 Å². The average Bonchev–Trinajstić information content (AvgIpc) is 2.36. The molecule has 0 aromatic carbocycles. The van der Waals surface area contributed by atoms with Crippen molar-refractivity contribution in [3.63, 3.8) is 0 Å². The summed E-state index contributed by atoms with van der Waals surface area (Å²) in [7, 11) is 1.60. The summed E-state index contributed by atoms with van der Waals surface area (Å²) < 4.78 is 5.26. The van der Waals surface area contributed by atoms with E-state index in [4.69, 9.17) is 17.0 Å². The van der Waals surface area contributed by atoms with Crippen LogP contribution in [0.1, 0.15) is 26.3 Å². The number of pyridine rings is 1. The van der Waals surface area contributed by atoms with E-state index in [9.17, 15) is 5.11 Å². The highest BCUT2D eigenvalue weighted by Gasteiger charge is 2.16. The van der Waals surface area contributed by atoms with Crippen LogP contribution in [-0.4, -0.2) is 40.5 Å². The molecule has 1 rings (SSSR count). The highest BCUT2D eigenvalue weighted by molar-refractivity contribution is 7.80. The number of hydrogen-bond acceptors (Lipinski definition) is 4. The number of thiocarbonyl (C=S) groups is 1. The minimum absolute atomic E-state index is 0.0164. The molecule has 20 heavy (non-hydrogen) atoms. The first-order valence-electron chi connectivity index (χ1n) is 6.52. The molecule has 0 fully saturated rings. The molecule has 0 amide bonds. The van der Waals surface area contributed by atoms with Gasteiger partial charge in [-0.1, -0.05) is 0 Å². The number of methoxy groups -OCH3 is 1. The van der Waals surface area contributed by atoms with Gasteiger partial charge in [0, 0.05) is 11.7 Å². The molecule has 0 bridgehead atoms. The molecule has 0 aliphatic carbocycles. The Morgan fingerprint density at radius 1 is 1.50 bits per heavy atom. The lowest BCUT2D eigenvalue weighted by molar-refractivity contribution is 0.253. The predicted octanol–water partition coefficient (Wildman–Crippen LogP) is 1.26. The van der Waals surface area contributed by atoms with Gasteiger partial charge in [-0.15, -0.1) is 0 Å². The maximum atomic E-state index is 9.49. The van der Waals surface area contributed by atoms with Crippen LogP contribution in [-0.2, 0) is 6.42 Å². The number of rotatable bonds is 5. The second-order valence-electron chi connectivity index (χ2n) is 5.62. The maximum Gasteiger partial charge on any atom is 0.167 e. The maximum absolute atomic E-state index is 9.49. The molecular formula is C14H23N3O2S. The molecule has 3 N–H and O–H groups in total. The molecule has 1 atom stereocenters. The topological polar surface area (TPSA) is 66.4 Å². The zero-order valence-corrected chi connectivity index (χ0v) is 13.3. The summed E-state index contributed by atoms with van der Waals surface area (Å²) in [5.41, 5.74) is 0.867. The number of ether oxygens (including phenoxy) is 1. The first-order valence-corrected chi connectivity index (χ1v) is 6.93. The van der Waals surface area contributed by atoms with Crippen molar-refractivity contribution in [3.8, 4) is 5.75 Å². The summed E-state index contributed by atoms with van der Waals surface area (Å²) in [4.78, 5) is 4.01. The standard InChI is InChI=1S/C14H23N3O2S/c1-14(2,3)17-13(20)16-11(9-18)7-10-5-6-15-8-12(10)19-4/h5-6,8,11,18H,7,9H2,1-4H3,(H2,16,17,20). The number of aliphatic hydroxyl groups is 1. The van der Waals surface area contributed by atoms with Crippen molar-refractivity contribution in [1.82, 2.24) is 15.6 Å². The van der Waals surface area contributed by atoms with E-state index in [-0.39, 0.29) is 18.2 Å². The molecule has 5 nitrogen and oxygen atoms in total. The lowest BCUT2D eigenvalue weighted by atomic mass is 10.1. The van der Waals surface area contributed by atoms with Crippen LogP contribution >= 0.6 is 12.2 Å².